The lowest BCUT2D eigenvalue weighted by molar-refractivity contribution is 0.298. The van der Waals surface area contributed by atoms with Crippen LogP contribution in [0.4, 0.5) is 0 Å². The Kier molecular flexibility index (Phi) is 4.09. The summed E-state index contributed by atoms with van der Waals surface area (Å²) in [7, 11) is 0. The van der Waals surface area contributed by atoms with Gasteiger partial charge in [-0.15, -0.1) is 0 Å². The summed E-state index contributed by atoms with van der Waals surface area (Å²) in [5.74, 6) is 4.13. The number of aromatic nitrogens is 1. The Bertz CT molecular complexity index is 295. The Morgan fingerprint density at radius 2 is 2.27 bits per heavy atom. The van der Waals surface area contributed by atoms with Crippen molar-refractivity contribution in [2.24, 2.45) is 5.92 Å². The van der Waals surface area contributed by atoms with Crippen molar-refractivity contribution in [3.63, 3.8) is 0 Å². The first-order valence-electron chi connectivity index (χ1n) is 5.50. The van der Waals surface area contributed by atoms with Crippen molar-refractivity contribution >= 4 is 11.8 Å². The summed E-state index contributed by atoms with van der Waals surface area (Å²) in [5, 5.41) is 8.77. The van der Waals surface area contributed by atoms with Crippen LogP contribution in [-0.4, -0.2) is 28.2 Å². The number of hydrogen-bond acceptors (Lipinski definition) is 4. The third-order valence-electron chi connectivity index (χ3n) is 2.77. The molecule has 0 aliphatic carbocycles. The van der Waals surface area contributed by atoms with Gasteiger partial charge in [-0.3, -0.25) is 0 Å². The summed E-state index contributed by atoms with van der Waals surface area (Å²) < 4.78 is 5.39. The van der Waals surface area contributed by atoms with Crippen LogP contribution in [0.15, 0.2) is 10.7 Å². The molecule has 0 bridgehead atoms. The van der Waals surface area contributed by atoms with Crippen LogP contribution in [0, 0.1) is 5.92 Å². The Morgan fingerprint density at radius 3 is 3.00 bits per heavy atom. The van der Waals surface area contributed by atoms with Gasteiger partial charge in [0, 0.05) is 19.4 Å². The fraction of sp³-hybridized carbons (Fsp3) is 0.727. The molecular weight excluding hydrogens is 210 g/mol. The highest BCUT2D eigenvalue weighted by molar-refractivity contribution is 7.99. The minimum absolute atomic E-state index is 0.145. The lowest BCUT2D eigenvalue weighted by Gasteiger charge is -2.19. The Morgan fingerprint density at radius 1 is 1.47 bits per heavy atom. The van der Waals surface area contributed by atoms with Gasteiger partial charge in [0.2, 0.25) is 0 Å². The van der Waals surface area contributed by atoms with E-state index >= 15 is 0 Å². The zero-order valence-electron chi connectivity index (χ0n) is 8.82. The lowest BCUT2D eigenvalue weighted by Crippen LogP contribution is -2.12. The number of rotatable bonds is 4. The normalized spacial score (nSPS) is 18.2. The third-order valence-corrected chi connectivity index (χ3v) is 3.82. The lowest BCUT2D eigenvalue weighted by atomic mass is 9.99. The summed E-state index contributed by atoms with van der Waals surface area (Å²) in [6, 6.07) is 0. The van der Waals surface area contributed by atoms with Crippen LogP contribution in [0.1, 0.15) is 24.4 Å². The van der Waals surface area contributed by atoms with Gasteiger partial charge in [0.05, 0.1) is 5.69 Å². The zero-order valence-corrected chi connectivity index (χ0v) is 9.63. The van der Waals surface area contributed by atoms with E-state index in [1.165, 1.54) is 24.3 Å². The maximum Gasteiger partial charge on any atom is 0.194 e. The molecule has 15 heavy (non-hydrogen) atoms. The molecule has 84 valence electrons. The first kappa shape index (κ1) is 11.0. The number of thioether (sulfide) groups is 1. The van der Waals surface area contributed by atoms with Gasteiger partial charge in [0.25, 0.3) is 0 Å². The molecule has 2 heterocycles. The molecule has 0 aromatic carbocycles. The maximum atomic E-state index is 8.77. The molecule has 1 fully saturated rings. The molecule has 0 amide bonds. The number of hydrogen-bond donors (Lipinski definition) is 1. The van der Waals surface area contributed by atoms with E-state index < -0.39 is 0 Å². The van der Waals surface area contributed by atoms with E-state index in [0.29, 0.717) is 6.42 Å². The van der Waals surface area contributed by atoms with Crippen molar-refractivity contribution in [2.45, 2.75) is 25.7 Å². The molecular formula is C11H17NO2S. The highest BCUT2D eigenvalue weighted by Crippen LogP contribution is 2.25. The van der Waals surface area contributed by atoms with Crippen LogP contribution in [0.5, 0.6) is 0 Å². The van der Waals surface area contributed by atoms with Crippen molar-refractivity contribution in [3.8, 4) is 0 Å². The molecule has 1 aromatic rings. The van der Waals surface area contributed by atoms with Gasteiger partial charge in [-0.2, -0.15) is 11.8 Å². The van der Waals surface area contributed by atoms with Crippen LogP contribution in [0.3, 0.4) is 0 Å². The van der Waals surface area contributed by atoms with Crippen LogP contribution in [0.2, 0.25) is 0 Å². The molecule has 0 radical (unpaired) electrons. The fourth-order valence-corrected chi connectivity index (χ4v) is 3.07. The van der Waals surface area contributed by atoms with E-state index in [1.54, 1.807) is 6.26 Å². The molecule has 2 rings (SSSR count). The van der Waals surface area contributed by atoms with E-state index in [-0.39, 0.29) is 6.61 Å². The van der Waals surface area contributed by atoms with Crippen LogP contribution < -0.4 is 0 Å². The third kappa shape index (κ3) is 3.24. The average molecular weight is 227 g/mol. The van der Waals surface area contributed by atoms with Crippen LogP contribution in [-0.2, 0) is 12.8 Å². The summed E-state index contributed by atoms with van der Waals surface area (Å²) in [6.45, 7) is 0.145. The quantitative estimate of drug-likeness (QED) is 0.853. The molecule has 3 nitrogen and oxygen atoms in total. The number of aliphatic hydroxyl groups excluding tert-OH is 1. The highest BCUT2D eigenvalue weighted by Gasteiger charge is 2.16. The molecule has 0 atom stereocenters. The topological polar surface area (TPSA) is 46.3 Å². The average Bonchev–Trinajstić information content (AvgIpc) is 2.68. The molecule has 4 heteroatoms. The predicted molar refractivity (Wildman–Crippen MR) is 61.0 cm³/mol. The molecule has 1 N–H and O–H groups in total. The molecule has 0 spiro atoms. The number of aliphatic hydroxyl groups is 1. The summed E-state index contributed by atoms with van der Waals surface area (Å²) in [4.78, 5) is 4.36. The van der Waals surface area contributed by atoms with Crippen LogP contribution in [0.25, 0.3) is 0 Å². The van der Waals surface area contributed by atoms with Gasteiger partial charge in [0.15, 0.2) is 5.89 Å². The zero-order chi connectivity index (χ0) is 10.5. The number of nitrogens with zero attached hydrogens (tertiary/aromatic N) is 1. The van der Waals surface area contributed by atoms with Gasteiger partial charge >= 0.3 is 0 Å². The number of oxazole rings is 1. The van der Waals surface area contributed by atoms with Crippen molar-refractivity contribution in [3.05, 3.63) is 17.8 Å². The largest absolute Gasteiger partial charge is 0.449 e. The Balaban J connectivity index is 1.86. The van der Waals surface area contributed by atoms with Crippen molar-refractivity contribution in [2.75, 3.05) is 18.1 Å². The second kappa shape index (κ2) is 5.56. The van der Waals surface area contributed by atoms with Gasteiger partial charge in [-0.25, -0.2) is 4.98 Å². The van der Waals surface area contributed by atoms with E-state index in [4.69, 9.17) is 9.52 Å². The Labute approximate surface area is 94.3 Å². The monoisotopic (exact) mass is 227 g/mol. The van der Waals surface area contributed by atoms with Crippen molar-refractivity contribution in [1.82, 2.24) is 4.98 Å². The first-order valence-corrected chi connectivity index (χ1v) is 6.66. The molecule has 1 aromatic heterocycles. The second-order valence-electron chi connectivity index (χ2n) is 3.97. The van der Waals surface area contributed by atoms with Gasteiger partial charge in [-0.1, -0.05) is 0 Å². The first-order chi connectivity index (χ1) is 7.38. The van der Waals surface area contributed by atoms with Crippen molar-refractivity contribution in [1.29, 1.82) is 0 Å². The molecule has 1 saturated heterocycles. The van der Waals surface area contributed by atoms with Gasteiger partial charge in [0.1, 0.15) is 6.26 Å². The fourth-order valence-electron chi connectivity index (χ4n) is 1.87. The SMILES string of the molecule is OCCc1coc(CC2CCSCC2)n1. The minimum Gasteiger partial charge on any atom is -0.449 e. The van der Waals surface area contributed by atoms with Crippen LogP contribution >= 0.6 is 11.8 Å². The van der Waals surface area contributed by atoms with E-state index in [2.05, 4.69) is 4.98 Å². The van der Waals surface area contributed by atoms with E-state index in [1.807, 2.05) is 11.8 Å². The van der Waals surface area contributed by atoms with Gasteiger partial charge in [-0.05, 0) is 30.3 Å². The molecule has 0 unspecified atom stereocenters. The molecule has 1 aliphatic heterocycles. The summed E-state index contributed by atoms with van der Waals surface area (Å²) in [5.41, 5.74) is 0.873. The maximum absolute atomic E-state index is 8.77. The standard InChI is InChI=1S/C11H17NO2S/c13-4-1-10-8-14-11(12-10)7-9-2-5-15-6-3-9/h8-9,13H,1-7H2. The molecule has 0 saturated carbocycles. The Hall–Kier alpha value is -0.480. The van der Waals surface area contributed by atoms with Gasteiger partial charge < -0.3 is 9.52 Å². The predicted octanol–water partition coefficient (Wildman–Crippen LogP) is 1.90. The second-order valence-corrected chi connectivity index (χ2v) is 5.19. The minimum atomic E-state index is 0.145. The summed E-state index contributed by atoms with van der Waals surface area (Å²) in [6.07, 6.45) is 5.80. The highest BCUT2D eigenvalue weighted by atomic mass is 32.2. The van der Waals surface area contributed by atoms with E-state index in [0.717, 1.165) is 23.9 Å². The van der Waals surface area contributed by atoms with E-state index in [9.17, 15) is 0 Å². The van der Waals surface area contributed by atoms with Crippen molar-refractivity contribution < 1.29 is 9.52 Å². The smallest absolute Gasteiger partial charge is 0.194 e. The molecule has 1 aliphatic rings. The summed E-state index contributed by atoms with van der Waals surface area (Å²) >= 11 is 2.04.